The molecule has 0 fully saturated rings. The standard InChI is InChI=1S/C28H32N2O2/c1-19(2)17-22-13-15-23(16-14-22)20(3)27(31)30-26-12-8-11-25(18-26)28(32)29-21(4)24-9-6-5-7-10-24/h5-16,18-21H,17H2,1-4H3,(H,29,32)(H,30,31). The van der Waals surface area contributed by atoms with Crippen LogP contribution in [0.4, 0.5) is 5.69 Å². The summed E-state index contributed by atoms with van der Waals surface area (Å²) in [6, 6.07) is 25.0. The highest BCUT2D eigenvalue weighted by Gasteiger charge is 2.17. The monoisotopic (exact) mass is 428 g/mol. The average Bonchev–Trinajstić information content (AvgIpc) is 2.79. The van der Waals surface area contributed by atoms with Crippen molar-refractivity contribution >= 4 is 17.5 Å². The Balaban J connectivity index is 1.63. The van der Waals surface area contributed by atoms with Gasteiger partial charge in [0.25, 0.3) is 5.91 Å². The zero-order valence-corrected chi connectivity index (χ0v) is 19.3. The summed E-state index contributed by atoms with van der Waals surface area (Å²) in [4.78, 5) is 25.5. The normalized spacial score (nSPS) is 12.8. The van der Waals surface area contributed by atoms with E-state index in [-0.39, 0.29) is 23.8 Å². The lowest BCUT2D eigenvalue weighted by Crippen LogP contribution is -2.26. The summed E-state index contributed by atoms with van der Waals surface area (Å²) in [5.74, 6) is 0.0310. The number of amides is 2. The Bertz CT molecular complexity index is 1040. The lowest BCUT2D eigenvalue weighted by molar-refractivity contribution is -0.117. The molecule has 2 N–H and O–H groups in total. The maximum Gasteiger partial charge on any atom is 0.251 e. The van der Waals surface area contributed by atoms with E-state index in [2.05, 4.69) is 36.6 Å². The van der Waals surface area contributed by atoms with Gasteiger partial charge in [-0.3, -0.25) is 9.59 Å². The zero-order valence-electron chi connectivity index (χ0n) is 19.3. The minimum absolute atomic E-state index is 0.100. The van der Waals surface area contributed by atoms with Gasteiger partial charge >= 0.3 is 0 Å². The van der Waals surface area contributed by atoms with Gasteiger partial charge in [-0.1, -0.05) is 74.5 Å². The number of anilines is 1. The Hall–Kier alpha value is -3.40. The molecule has 2 unspecified atom stereocenters. The van der Waals surface area contributed by atoms with Gasteiger partial charge in [0.05, 0.1) is 12.0 Å². The van der Waals surface area contributed by atoms with Crippen molar-refractivity contribution in [2.24, 2.45) is 5.92 Å². The lowest BCUT2D eigenvalue weighted by Gasteiger charge is -2.16. The van der Waals surface area contributed by atoms with Crippen LogP contribution in [0, 0.1) is 5.92 Å². The maximum atomic E-state index is 12.8. The smallest absolute Gasteiger partial charge is 0.251 e. The second-order valence-electron chi connectivity index (χ2n) is 8.74. The lowest BCUT2D eigenvalue weighted by atomic mass is 9.96. The Labute approximate surface area is 191 Å². The fourth-order valence-corrected chi connectivity index (χ4v) is 3.66. The van der Waals surface area contributed by atoms with Gasteiger partial charge in [-0.2, -0.15) is 0 Å². The molecule has 4 heteroatoms. The van der Waals surface area contributed by atoms with E-state index in [1.54, 1.807) is 24.3 Å². The van der Waals surface area contributed by atoms with E-state index in [0.717, 1.165) is 17.5 Å². The minimum Gasteiger partial charge on any atom is -0.346 e. The van der Waals surface area contributed by atoms with Crippen LogP contribution in [0.3, 0.4) is 0 Å². The summed E-state index contributed by atoms with van der Waals surface area (Å²) < 4.78 is 0. The third kappa shape index (κ3) is 6.30. The molecule has 3 rings (SSSR count). The molecule has 2 amide bonds. The third-order valence-electron chi connectivity index (χ3n) is 5.56. The summed E-state index contributed by atoms with van der Waals surface area (Å²) in [5, 5.41) is 5.96. The van der Waals surface area contributed by atoms with Gasteiger partial charge in [0.2, 0.25) is 5.91 Å². The van der Waals surface area contributed by atoms with Gasteiger partial charge in [-0.25, -0.2) is 0 Å². The van der Waals surface area contributed by atoms with Crippen molar-refractivity contribution < 1.29 is 9.59 Å². The average molecular weight is 429 g/mol. The first-order valence-corrected chi connectivity index (χ1v) is 11.2. The van der Waals surface area contributed by atoms with Crippen molar-refractivity contribution in [3.8, 4) is 0 Å². The van der Waals surface area contributed by atoms with E-state index < -0.39 is 0 Å². The fourth-order valence-electron chi connectivity index (χ4n) is 3.66. The number of hydrogen-bond acceptors (Lipinski definition) is 2. The molecule has 0 aromatic heterocycles. The summed E-state index contributed by atoms with van der Waals surface area (Å²) in [5.41, 5.74) is 4.41. The van der Waals surface area contributed by atoms with E-state index in [4.69, 9.17) is 0 Å². The number of hydrogen-bond donors (Lipinski definition) is 2. The van der Waals surface area contributed by atoms with E-state index >= 15 is 0 Å². The van der Waals surface area contributed by atoms with Crippen molar-refractivity contribution in [3.63, 3.8) is 0 Å². The van der Waals surface area contributed by atoms with E-state index in [9.17, 15) is 9.59 Å². The SMILES string of the molecule is CC(C)Cc1ccc(C(C)C(=O)Nc2cccc(C(=O)NC(C)c3ccccc3)c2)cc1. The molecule has 0 aliphatic rings. The van der Waals surface area contributed by atoms with Gasteiger partial charge in [0.1, 0.15) is 0 Å². The minimum atomic E-state index is -0.293. The molecular weight excluding hydrogens is 396 g/mol. The van der Waals surface area contributed by atoms with E-state index in [1.165, 1.54) is 5.56 Å². The molecule has 0 radical (unpaired) electrons. The van der Waals surface area contributed by atoms with Gasteiger partial charge in [-0.05, 0) is 61.1 Å². The molecule has 0 aliphatic heterocycles. The summed E-state index contributed by atoms with van der Waals surface area (Å²) in [7, 11) is 0. The Morgan fingerprint density at radius 2 is 1.47 bits per heavy atom. The van der Waals surface area contributed by atoms with Crippen LogP contribution >= 0.6 is 0 Å². The first-order valence-electron chi connectivity index (χ1n) is 11.2. The highest BCUT2D eigenvalue weighted by molar-refractivity contribution is 5.99. The highest BCUT2D eigenvalue weighted by atomic mass is 16.2. The Morgan fingerprint density at radius 3 is 2.12 bits per heavy atom. The first-order chi connectivity index (χ1) is 15.3. The second kappa shape index (κ2) is 10.8. The van der Waals surface area contributed by atoms with Crippen molar-refractivity contribution in [2.75, 3.05) is 5.32 Å². The van der Waals surface area contributed by atoms with Crippen molar-refractivity contribution in [1.29, 1.82) is 0 Å². The number of rotatable bonds is 8. The molecule has 0 saturated carbocycles. The van der Waals surface area contributed by atoms with Crippen LogP contribution in [0.25, 0.3) is 0 Å². The van der Waals surface area contributed by atoms with Crippen LogP contribution in [-0.2, 0) is 11.2 Å². The number of nitrogens with one attached hydrogen (secondary N) is 2. The molecule has 2 atom stereocenters. The molecule has 0 heterocycles. The molecule has 0 aliphatic carbocycles. The number of carbonyl (C=O) groups is 2. The summed E-state index contributed by atoms with van der Waals surface area (Å²) >= 11 is 0. The number of benzene rings is 3. The van der Waals surface area contributed by atoms with Crippen LogP contribution in [0.1, 0.15) is 66.7 Å². The van der Waals surface area contributed by atoms with Crippen LogP contribution in [0.2, 0.25) is 0 Å². The molecule has 3 aromatic carbocycles. The van der Waals surface area contributed by atoms with Crippen LogP contribution in [-0.4, -0.2) is 11.8 Å². The Kier molecular flexibility index (Phi) is 7.82. The number of carbonyl (C=O) groups excluding carboxylic acids is 2. The van der Waals surface area contributed by atoms with Gasteiger partial charge in [0, 0.05) is 11.3 Å². The fraction of sp³-hybridized carbons (Fsp3) is 0.286. The predicted octanol–water partition coefficient (Wildman–Crippen LogP) is 6.12. The topological polar surface area (TPSA) is 58.2 Å². The molecule has 0 spiro atoms. The van der Waals surface area contributed by atoms with Crippen LogP contribution in [0.5, 0.6) is 0 Å². The van der Waals surface area contributed by atoms with Gasteiger partial charge in [0.15, 0.2) is 0 Å². The van der Waals surface area contributed by atoms with E-state index in [1.807, 2.05) is 56.3 Å². The molecule has 0 saturated heterocycles. The van der Waals surface area contributed by atoms with Crippen molar-refractivity contribution in [1.82, 2.24) is 5.32 Å². The van der Waals surface area contributed by atoms with Crippen LogP contribution < -0.4 is 10.6 Å². The molecule has 166 valence electrons. The molecular formula is C28H32N2O2. The quantitative estimate of drug-likeness (QED) is 0.454. The molecule has 32 heavy (non-hydrogen) atoms. The zero-order chi connectivity index (χ0) is 23.1. The highest BCUT2D eigenvalue weighted by Crippen LogP contribution is 2.21. The van der Waals surface area contributed by atoms with Crippen molar-refractivity contribution in [2.45, 2.75) is 46.1 Å². The summed E-state index contributed by atoms with van der Waals surface area (Å²) in [6.45, 7) is 8.24. The molecule has 4 nitrogen and oxygen atoms in total. The predicted molar refractivity (Wildman–Crippen MR) is 131 cm³/mol. The van der Waals surface area contributed by atoms with Gasteiger partial charge < -0.3 is 10.6 Å². The summed E-state index contributed by atoms with van der Waals surface area (Å²) in [6.07, 6.45) is 1.03. The van der Waals surface area contributed by atoms with Crippen molar-refractivity contribution in [3.05, 3.63) is 101 Å². The van der Waals surface area contributed by atoms with Crippen LogP contribution in [0.15, 0.2) is 78.9 Å². The Morgan fingerprint density at radius 1 is 0.781 bits per heavy atom. The molecule has 3 aromatic rings. The third-order valence-corrected chi connectivity index (χ3v) is 5.56. The van der Waals surface area contributed by atoms with Gasteiger partial charge in [-0.15, -0.1) is 0 Å². The maximum absolute atomic E-state index is 12.8. The van der Waals surface area contributed by atoms with E-state index in [0.29, 0.717) is 17.2 Å². The molecule has 0 bridgehead atoms. The largest absolute Gasteiger partial charge is 0.346 e. The first kappa shape index (κ1) is 23.3. The second-order valence-corrected chi connectivity index (χ2v) is 8.74.